The molecule has 0 spiro atoms. The summed E-state index contributed by atoms with van der Waals surface area (Å²) >= 11 is 6.01. The van der Waals surface area contributed by atoms with Crippen molar-refractivity contribution in [2.75, 3.05) is 6.61 Å². The van der Waals surface area contributed by atoms with Crippen LogP contribution in [0.15, 0.2) is 36.4 Å². The summed E-state index contributed by atoms with van der Waals surface area (Å²) in [7, 11) is 0. The Labute approximate surface area is 159 Å². The minimum absolute atomic E-state index is 0.0416. The predicted molar refractivity (Wildman–Crippen MR) is 103 cm³/mol. The number of carbonyl (C=O) groups excluding carboxylic acids is 1. The Morgan fingerprint density at radius 1 is 1.27 bits per heavy atom. The number of hydrogen-bond acceptors (Lipinski definition) is 3. The Kier molecular flexibility index (Phi) is 5.15. The van der Waals surface area contributed by atoms with Gasteiger partial charge in [-0.15, -0.1) is 0 Å². The molecule has 0 fully saturated rings. The molecule has 1 N–H and O–H groups in total. The fourth-order valence-corrected chi connectivity index (χ4v) is 3.30. The zero-order chi connectivity index (χ0) is 18.9. The molecule has 0 unspecified atom stereocenters. The summed E-state index contributed by atoms with van der Waals surface area (Å²) in [5.74, 6) is 1.30. The third-order valence-electron chi connectivity index (χ3n) is 4.46. The van der Waals surface area contributed by atoms with E-state index in [0.717, 1.165) is 22.4 Å². The zero-order valence-corrected chi connectivity index (χ0v) is 16.3. The molecule has 0 aliphatic carbocycles. The molecule has 5 heteroatoms. The molecule has 26 heavy (non-hydrogen) atoms. The molecule has 0 radical (unpaired) electrons. The van der Waals surface area contributed by atoms with Crippen molar-refractivity contribution >= 4 is 17.5 Å². The lowest BCUT2D eigenvalue weighted by atomic mass is 9.89. The van der Waals surface area contributed by atoms with E-state index in [1.807, 2.05) is 52.0 Å². The second-order valence-corrected chi connectivity index (χ2v) is 7.83. The Hall–Kier alpha value is -2.20. The molecule has 1 aliphatic rings. The highest BCUT2D eigenvalue weighted by molar-refractivity contribution is 6.31. The second kappa shape index (κ2) is 7.20. The summed E-state index contributed by atoms with van der Waals surface area (Å²) in [5, 5.41) is 3.76. The topological polar surface area (TPSA) is 47.6 Å². The molecule has 0 aromatic heterocycles. The van der Waals surface area contributed by atoms with Gasteiger partial charge in [-0.1, -0.05) is 23.7 Å². The van der Waals surface area contributed by atoms with Gasteiger partial charge in [-0.25, -0.2) is 0 Å². The molecule has 0 saturated heterocycles. The number of hydrogen-bond donors (Lipinski definition) is 1. The van der Waals surface area contributed by atoms with Crippen LogP contribution >= 0.6 is 11.6 Å². The third-order valence-corrected chi connectivity index (χ3v) is 4.89. The van der Waals surface area contributed by atoms with Crippen molar-refractivity contribution in [3.05, 3.63) is 58.1 Å². The number of ether oxygens (including phenoxy) is 2. The van der Waals surface area contributed by atoms with E-state index in [1.54, 1.807) is 12.1 Å². The van der Waals surface area contributed by atoms with Crippen molar-refractivity contribution in [2.45, 2.75) is 45.8 Å². The van der Waals surface area contributed by atoms with Crippen LogP contribution in [-0.2, 0) is 4.79 Å². The summed E-state index contributed by atoms with van der Waals surface area (Å²) in [4.78, 5) is 12.4. The van der Waals surface area contributed by atoms with Crippen LogP contribution < -0.4 is 14.8 Å². The minimum Gasteiger partial charge on any atom is -0.487 e. The van der Waals surface area contributed by atoms with E-state index in [2.05, 4.69) is 5.32 Å². The molecule has 1 heterocycles. The first-order chi connectivity index (χ1) is 12.2. The molecule has 2 aromatic carbocycles. The lowest BCUT2D eigenvalue weighted by Crippen LogP contribution is -2.42. The summed E-state index contributed by atoms with van der Waals surface area (Å²) in [6.45, 7) is 7.95. The van der Waals surface area contributed by atoms with Gasteiger partial charge >= 0.3 is 0 Å². The van der Waals surface area contributed by atoms with E-state index in [9.17, 15) is 4.79 Å². The number of carbonyl (C=O) groups is 1. The van der Waals surface area contributed by atoms with Crippen LogP contribution in [0.2, 0.25) is 5.02 Å². The standard InChI is InChI=1S/C21H24ClNO3/c1-13-5-7-16-18(11-21(3,4)26-19(16)9-13)23-20(24)12-25-15-6-8-17(22)14(2)10-15/h5-10,18H,11-12H2,1-4H3,(H,23,24)/t18-/m1/s1. The first-order valence-corrected chi connectivity index (χ1v) is 9.09. The molecule has 1 atom stereocenters. The lowest BCUT2D eigenvalue weighted by molar-refractivity contribution is -0.124. The van der Waals surface area contributed by atoms with Crippen molar-refractivity contribution in [3.8, 4) is 11.5 Å². The third kappa shape index (κ3) is 4.31. The molecule has 138 valence electrons. The van der Waals surface area contributed by atoms with Crippen LogP contribution in [0.1, 0.15) is 43.0 Å². The Balaban J connectivity index is 1.68. The van der Waals surface area contributed by atoms with E-state index in [1.165, 1.54) is 0 Å². The SMILES string of the molecule is Cc1ccc2c(c1)OC(C)(C)C[C@H]2NC(=O)COc1ccc(Cl)c(C)c1. The van der Waals surface area contributed by atoms with Crippen molar-refractivity contribution in [2.24, 2.45) is 0 Å². The Morgan fingerprint density at radius 2 is 2.04 bits per heavy atom. The number of benzene rings is 2. The number of halogens is 1. The maximum Gasteiger partial charge on any atom is 0.258 e. The number of fused-ring (bicyclic) bond motifs is 1. The van der Waals surface area contributed by atoms with Crippen molar-refractivity contribution in [3.63, 3.8) is 0 Å². The fraction of sp³-hybridized carbons (Fsp3) is 0.381. The van der Waals surface area contributed by atoms with Crippen LogP contribution in [0.4, 0.5) is 0 Å². The number of nitrogens with one attached hydrogen (secondary N) is 1. The quantitative estimate of drug-likeness (QED) is 0.840. The zero-order valence-electron chi connectivity index (χ0n) is 15.6. The maximum absolute atomic E-state index is 12.4. The summed E-state index contributed by atoms with van der Waals surface area (Å²) in [5.41, 5.74) is 2.71. The smallest absolute Gasteiger partial charge is 0.258 e. The summed E-state index contributed by atoms with van der Waals surface area (Å²) in [6.07, 6.45) is 0.703. The molecular formula is C21H24ClNO3. The first kappa shape index (κ1) is 18.6. The van der Waals surface area contributed by atoms with Crippen LogP contribution in [0.3, 0.4) is 0 Å². The molecule has 0 saturated carbocycles. The molecule has 1 aliphatic heterocycles. The Bertz CT molecular complexity index is 832. The molecule has 4 nitrogen and oxygen atoms in total. The number of rotatable bonds is 4. The average Bonchev–Trinajstić information content (AvgIpc) is 2.54. The fourth-order valence-electron chi connectivity index (χ4n) is 3.18. The summed E-state index contributed by atoms with van der Waals surface area (Å²) in [6, 6.07) is 11.3. The largest absolute Gasteiger partial charge is 0.487 e. The van der Waals surface area contributed by atoms with E-state index in [4.69, 9.17) is 21.1 Å². The van der Waals surface area contributed by atoms with Crippen LogP contribution in [-0.4, -0.2) is 18.1 Å². The van der Waals surface area contributed by atoms with Crippen LogP contribution in [0.25, 0.3) is 0 Å². The van der Waals surface area contributed by atoms with Gasteiger partial charge in [-0.3, -0.25) is 4.79 Å². The first-order valence-electron chi connectivity index (χ1n) is 8.71. The van der Waals surface area contributed by atoms with E-state index < -0.39 is 0 Å². The van der Waals surface area contributed by atoms with Gasteiger partial charge in [0.25, 0.3) is 5.91 Å². The second-order valence-electron chi connectivity index (χ2n) is 7.43. The van der Waals surface area contributed by atoms with Gasteiger partial charge in [-0.2, -0.15) is 0 Å². The number of amides is 1. The minimum atomic E-state index is -0.340. The maximum atomic E-state index is 12.4. The monoisotopic (exact) mass is 373 g/mol. The van der Waals surface area contributed by atoms with E-state index >= 15 is 0 Å². The van der Waals surface area contributed by atoms with Gasteiger partial charge in [0.05, 0.1) is 6.04 Å². The molecular weight excluding hydrogens is 350 g/mol. The summed E-state index contributed by atoms with van der Waals surface area (Å²) < 4.78 is 11.7. The van der Waals surface area contributed by atoms with Crippen molar-refractivity contribution < 1.29 is 14.3 Å². The van der Waals surface area contributed by atoms with Gasteiger partial charge in [-0.05, 0) is 63.1 Å². The van der Waals surface area contributed by atoms with Crippen LogP contribution in [0, 0.1) is 13.8 Å². The van der Waals surface area contributed by atoms with Crippen molar-refractivity contribution in [1.82, 2.24) is 5.32 Å². The van der Waals surface area contributed by atoms with Gasteiger partial charge in [0.15, 0.2) is 6.61 Å². The molecule has 3 rings (SSSR count). The molecule has 0 bridgehead atoms. The average molecular weight is 374 g/mol. The highest BCUT2D eigenvalue weighted by Crippen LogP contribution is 2.39. The van der Waals surface area contributed by atoms with E-state index in [0.29, 0.717) is 17.2 Å². The predicted octanol–water partition coefficient (Wildman–Crippen LogP) is 4.75. The van der Waals surface area contributed by atoms with Gasteiger partial charge in [0.2, 0.25) is 0 Å². The number of aryl methyl sites for hydroxylation is 2. The normalized spacial score (nSPS) is 17.8. The molecule has 2 aromatic rings. The van der Waals surface area contributed by atoms with Crippen molar-refractivity contribution in [1.29, 1.82) is 0 Å². The van der Waals surface area contributed by atoms with Gasteiger partial charge in [0, 0.05) is 17.0 Å². The Morgan fingerprint density at radius 3 is 2.77 bits per heavy atom. The van der Waals surface area contributed by atoms with Crippen LogP contribution in [0.5, 0.6) is 11.5 Å². The van der Waals surface area contributed by atoms with Gasteiger partial charge < -0.3 is 14.8 Å². The highest BCUT2D eigenvalue weighted by atomic mass is 35.5. The molecule has 1 amide bonds. The lowest BCUT2D eigenvalue weighted by Gasteiger charge is -2.38. The van der Waals surface area contributed by atoms with Gasteiger partial charge in [0.1, 0.15) is 17.1 Å². The highest BCUT2D eigenvalue weighted by Gasteiger charge is 2.34. The van der Waals surface area contributed by atoms with E-state index in [-0.39, 0.29) is 24.2 Å².